The van der Waals surface area contributed by atoms with Gasteiger partial charge in [-0.2, -0.15) is 0 Å². The minimum Gasteiger partial charge on any atom is -0.419 e. The highest BCUT2D eigenvalue weighted by Crippen LogP contribution is 2.33. The fraction of sp³-hybridized carbons (Fsp3) is 0.370. The van der Waals surface area contributed by atoms with Crippen LogP contribution >= 0.6 is 0 Å². The molecule has 0 amide bonds. The van der Waals surface area contributed by atoms with E-state index in [9.17, 15) is 0 Å². The van der Waals surface area contributed by atoms with Crippen molar-refractivity contribution in [3.8, 4) is 22.7 Å². The van der Waals surface area contributed by atoms with E-state index in [0.717, 1.165) is 35.8 Å². The molecule has 2 aromatic heterocycles. The third kappa shape index (κ3) is 5.06. The molecule has 0 saturated carbocycles. The molecule has 0 aliphatic carbocycles. The van der Waals surface area contributed by atoms with Crippen molar-refractivity contribution in [2.24, 2.45) is 5.92 Å². The van der Waals surface area contributed by atoms with E-state index in [2.05, 4.69) is 51.4 Å². The molecule has 2 aromatic carbocycles. The zero-order valence-electron chi connectivity index (χ0n) is 19.3. The Balaban J connectivity index is 1.17. The van der Waals surface area contributed by atoms with Crippen molar-refractivity contribution < 1.29 is 8.94 Å². The monoisotopic (exact) mass is 442 g/mol. The minimum absolute atomic E-state index is 0.468. The summed E-state index contributed by atoms with van der Waals surface area (Å²) in [6.45, 7) is 6.83. The molecule has 0 N–H and O–H groups in total. The molecular weight excluding hydrogens is 412 g/mol. The van der Waals surface area contributed by atoms with Crippen molar-refractivity contribution in [1.82, 2.24) is 20.3 Å². The quantitative estimate of drug-likeness (QED) is 0.357. The van der Waals surface area contributed by atoms with E-state index in [4.69, 9.17) is 8.94 Å². The van der Waals surface area contributed by atoms with Gasteiger partial charge in [-0.1, -0.05) is 65.3 Å². The van der Waals surface area contributed by atoms with Crippen LogP contribution < -0.4 is 0 Å². The molecule has 6 nitrogen and oxygen atoms in total. The zero-order valence-corrected chi connectivity index (χ0v) is 19.3. The van der Waals surface area contributed by atoms with Gasteiger partial charge >= 0.3 is 0 Å². The second-order valence-corrected chi connectivity index (χ2v) is 9.07. The molecule has 1 aliphatic heterocycles. The summed E-state index contributed by atoms with van der Waals surface area (Å²) in [4.78, 5) is 2.41. The van der Waals surface area contributed by atoms with Crippen LogP contribution in [0.2, 0.25) is 0 Å². The molecule has 33 heavy (non-hydrogen) atoms. The molecule has 0 spiro atoms. The average molecular weight is 443 g/mol. The summed E-state index contributed by atoms with van der Waals surface area (Å²) in [6, 6.07) is 18.9. The lowest BCUT2D eigenvalue weighted by Gasteiger charge is -2.31. The number of benzene rings is 2. The maximum atomic E-state index is 6.05. The van der Waals surface area contributed by atoms with Gasteiger partial charge in [0, 0.05) is 5.56 Å². The molecule has 1 aliphatic rings. The number of hydrogen-bond donors (Lipinski definition) is 0. The number of nitrogens with zero attached hydrogens (tertiary/aromatic N) is 4. The third-order valence-corrected chi connectivity index (χ3v) is 6.62. The second kappa shape index (κ2) is 9.71. The van der Waals surface area contributed by atoms with Gasteiger partial charge in [-0.05, 0) is 64.1 Å². The largest absolute Gasteiger partial charge is 0.419 e. The highest BCUT2D eigenvalue weighted by molar-refractivity contribution is 5.77. The van der Waals surface area contributed by atoms with E-state index in [1.54, 1.807) is 0 Å². The molecule has 4 aromatic rings. The van der Waals surface area contributed by atoms with Gasteiger partial charge in [0.05, 0.1) is 6.54 Å². The topological polar surface area (TPSA) is 68.2 Å². The molecule has 0 bridgehead atoms. The number of aromatic nitrogens is 3. The van der Waals surface area contributed by atoms with E-state index >= 15 is 0 Å². The molecule has 170 valence electrons. The van der Waals surface area contributed by atoms with Crippen molar-refractivity contribution in [3.05, 3.63) is 77.4 Å². The molecule has 1 saturated heterocycles. The van der Waals surface area contributed by atoms with Crippen LogP contribution in [-0.2, 0) is 13.0 Å². The number of aryl methyl sites for hydroxylation is 3. The van der Waals surface area contributed by atoms with Crippen LogP contribution in [-0.4, -0.2) is 33.3 Å². The van der Waals surface area contributed by atoms with E-state index < -0.39 is 0 Å². The van der Waals surface area contributed by atoms with Crippen molar-refractivity contribution in [1.29, 1.82) is 0 Å². The highest BCUT2D eigenvalue weighted by Gasteiger charge is 2.24. The predicted octanol–water partition coefficient (Wildman–Crippen LogP) is 5.85. The minimum atomic E-state index is 0.468. The first-order valence-corrected chi connectivity index (χ1v) is 11.8. The van der Waals surface area contributed by atoms with Gasteiger partial charge in [0.25, 0.3) is 5.89 Å². The smallest absolute Gasteiger partial charge is 0.253 e. The van der Waals surface area contributed by atoms with Crippen LogP contribution in [0.4, 0.5) is 0 Å². The van der Waals surface area contributed by atoms with Crippen molar-refractivity contribution in [2.45, 2.75) is 46.1 Å². The van der Waals surface area contributed by atoms with Gasteiger partial charge in [0.2, 0.25) is 5.89 Å². The standard InChI is InChI=1S/C27H30N4O2/c1-19-8-10-21(11-9-19)12-13-22-14-16-31(17-15-22)18-24-28-29-27(32-24)25-20(2)33-30-26(25)23-6-4-3-5-7-23/h3-11,22H,12-18H2,1-2H3. The van der Waals surface area contributed by atoms with Crippen molar-refractivity contribution in [2.75, 3.05) is 13.1 Å². The fourth-order valence-electron chi connectivity index (χ4n) is 4.59. The Morgan fingerprint density at radius 1 is 0.939 bits per heavy atom. The SMILES string of the molecule is Cc1ccc(CCC2CCN(Cc3nnc(-c4c(-c5ccccc5)noc4C)o3)CC2)cc1. The van der Waals surface area contributed by atoms with E-state index in [0.29, 0.717) is 24.1 Å². The van der Waals surface area contributed by atoms with Crippen LogP contribution in [0.3, 0.4) is 0 Å². The van der Waals surface area contributed by atoms with Crippen molar-refractivity contribution >= 4 is 0 Å². The molecule has 6 heteroatoms. The molecule has 0 atom stereocenters. The molecular formula is C27H30N4O2. The lowest BCUT2D eigenvalue weighted by molar-refractivity contribution is 0.160. The summed E-state index contributed by atoms with van der Waals surface area (Å²) in [7, 11) is 0. The second-order valence-electron chi connectivity index (χ2n) is 9.07. The van der Waals surface area contributed by atoms with Gasteiger partial charge in [-0.25, -0.2) is 0 Å². The van der Waals surface area contributed by atoms with Crippen molar-refractivity contribution in [3.63, 3.8) is 0 Å². The zero-order chi connectivity index (χ0) is 22.6. The number of likely N-dealkylation sites (tertiary alicyclic amines) is 1. The van der Waals surface area contributed by atoms with Gasteiger partial charge in [-0.3, -0.25) is 4.90 Å². The van der Waals surface area contributed by atoms with E-state index in [-0.39, 0.29) is 0 Å². The first-order valence-electron chi connectivity index (χ1n) is 11.8. The molecule has 3 heterocycles. The Kier molecular flexibility index (Phi) is 6.35. The first-order chi connectivity index (χ1) is 16.2. The Bertz CT molecular complexity index is 1170. The highest BCUT2D eigenvalue weighted by atomic mass is 16.5. The maximum Gasteiger partial charge on any atom is 0.253 e. The summed E-state index contributed by atoms with van der Waals surface area (Å²) in [5.74, 6) is 2.57. The molecule has 0 unspecified atom stereocenters. The van der Waals surface area contributed by atoms with Crippen LogP contribution in [0, 0.1) is 19.8 Å². The third-order valence-electron chi connectivity index (χ3n) is 6.62. The summed E-state index contributed by atoms with van der Waals surface area (Å²) >= 11 is 0. The van der Waals surface area contributed by atoms with E-state index in [1.165, 1.54) is 36.8 Å². The Labute approximate surface area is 194 Å². The summed E-state index contributed by atoms with van der Waals surface area (Å²) in [5, 5.41) is 12.9. The van der Waals surface area contributed by atoms with Gasteiger partial charge in [0.1, 0.15) is 17.0 Å². The van der Waals surface area contributed by atoms with Gasteiger partial charge in [0.15, 0.2) is 0 Å². The van der Waals surface area contributed by atoms with Gasteiger partial charge < -0.3 is 8.94 Å². The van der Waals surface area contributed by atoms with Crippen LogP contribution in [0.5, 0.6) is 0 Å². The van der Waals surface area contributed by atoms with Crippen LogP contribution in [0.15, 0.2) is 63.5 Å². The molecule has 1 fully saturated rings. The Morgan fingerprint density at radius 2 is 1.70 bits per heavy atom. The van der Waals surface area contributed by atoms with E-state index in [1.807, 2.05) is 37.3 Å². The normalized spacial score (nSPS) is 15.2. The lowest BCUT2D eigenvalue weighted by atomic mass is 9.90. The van der Waals surface area contributed by atoms with Crippen LogP contribution in [0.1, 0.15) is 42.0 Å². The van der Waals surface area contributed by atoms with Crippen LogP contribution in [0.25, 0.3) is 22.7 Å². The summed E-state index contributed by atoms with van der Waals surface area (Å²) in [5.41, 5.74) is 5.25. The summed E-state index contributed by atoms with van der Waals surface area (Å²) < 4.78 is 11.5. The molecule has 0 radical (unpaired) electrons. The fourth-order valence-corrected chi connectivity index (χ4v) is 4.59. The number of piperidine rings is 1. The first kappa shape index (κ1) is 21.6. The Morgan fingerprint density at radius 3 is 2.45 bits per heavy atom. The Hall–Kier alpha value is -3.25. The lowest BCUT2D eigenvalue weighted by Crippen LogP contribution is -2.33. The summed E-state index contributed by atoms with van der Waals surface area (Å²) in [6.07, 6.45) is 4.86. The number of rotatable bonds is 7. The number of hydrogen-bond acceptors (Lipinski definition) is 6. The van der Waals surface area contributed by atoms with Gasteiger partial charge in [-0.15, -0.1) is 10.2 Å². The molecule has 5 rings (SSSR count). The maximum absolute atomic E-state index is 6.05. The predicted molar refractivity (Wildman–Crippen MR) is 127 cm³/mol. The average Bonchev–Trinajstić information content (AvgIpc) is 3.46.